The Balaban J connectivity index is 1.65. The molecule has 2 atom stereocenters. The summed E-state index contributed by atoms with van der Waals surface area (Å²) >= 11 is 0. The maximum atomic E-state index is 12.6. The molecule has 7 heteroatoms. The first-order valence-electron chi connectivity index (χ1n) is 8.55. The lowest BCUT2D eigenvalue weighted by Crippen LogP contribution is -2.55. The highest BCUT2D eigenvalue weighted by Gasteiger charge is 2.38. The van der Waals surface area contributed by atoms with E-state index in [9.17, 15) is 19.8 Å². The van der Waals surface area contributed by atoms with Crippen molar-refractivity contribution in [1.29, 1.82) is 0 Å². The smallest absolute Gasteiger partial charge is 0.254 e. The van der Waals surface area contributed by atoms with Gasteiger partial charge in [0.15, 0.2) is 0 Å². The monoisotopic (exact) mass is 348 g/mol. The molecule has 2 fully saturated rings. The molecule has 7 nitrogen and oxygen atoms in total. The minimum absolute atomic E-state index is 0.0632. The number of aliphatic hydroxyl groups is 2. The van der Waals surface area contributed by atoms with Crippen molar-refractivity contribution in [2.24, 2.45) is 0 Å². The van der Waals surface area contributed by atoms with E-state index in [0.29, 0.717) is 50.4 Å². The second kappa shape index (κ2) is 7.11. The van der Waals surface area contributed by atoms with Crippen molar-refractivity contribution >= 4 is 11.8 Å². The third-order valence-electron chi connectivity index (χ3n) is 4.96. The number of amides is 2. The first kappa shape index (κ1) is 17.8. The number of carbonyl (C=O) groups is 2. The van der Waals surface area contributed by atoms with Crippen LogP contribution in [0.5, 0.6) is 0 Å². The standard InChI is InChI=1S/C18H24N2O5/c1-18(24)6-7-20(12-15(18)21)17(23)14-4-2-13(3-5-14)16(22)19-8-10-25-11-9-19/h2-5,15,21,24H,6-12H2,1H3/t15-,18+/m0/s1. The molecule has 2 heterocycles. The molecule has 1 aromatic carbocycles. The van der Waals surface area contributed by atoms with Crippen molar-refractivity contribution in [2.45, 2.75) is 25.0 Å². The molecule has 2 aliphatic heterocycles. The molecule has 0 radical (unpaired) electrons. The number of aliphatic hydroxyl groups excluding tert-OH is 1. The van der Waals surface area contributed by atoms with Crippen LogP contribution in [0.4, 0.5) is 0 Å². The Morgan fingerprint density at radius 1 is 1.04 bits per heavy atom. The summed E-state index contributed by atoms with van der Waals surface area (Å²) in [5, 5.41) is 20.0. The van der Waals surface area contributed by atoms with Gasteiger partial charge < -0.3 is 24.7 Å². The fourth-order valence-corrected chi connectivity index (χ4v) is 3.10. The maximum absolute atomic E-state index is 12.6. The molecule has 2 saturated heterocycles. The van der Waals surface area contributed by atoms with E-state index in [1.54, 1.807) is 36.1 Å². The Hall–Kier alpha value is -1.96. The lowest BCUT2D eigenvalue weighted by molar-refractivity contribution is -0.0999. The van der Waals surface area contributed by atoms with Gasteiger partial charge >= 0.3 is 0 Å². The molecular formula is C18H24N2O5. The van der Waals surface area contributed by atoms with Crippen molar-refractivity contribution < 1.29 is 24.5 Å². The average molecular weight is 348 g/mol. The van der Waals surface area contributed by atoms with Crippen molar-refractivity contribution in [2.75, 3.05) is 39.4 Å². The summed E-state index contributed by atoms with van der Waals surface area (Å²) in [6.45, 7) is 4.30. The molecule has 0 spiro atoms. The van der Waals surface area contributed by atoms with E-state index < -0.39 is 11.7 Å². The molecule has 0 bridgehead atoms. The van der Waals surface area contributed by atoms with Crippen LogP contribution in [0.3, 0.4) is 0 Å². The fourth-order valence-electron chi connectivity index (χ4n) is 3.10. The predicted octanol–water partition coefficient (Wildman–Crippen LogP) is 0.117. The Morgan fingerprint density at radius 2 is 1.56 bits per heavy atom. The van der Waals surface area contributed by atoms with Gasteiger partial charge in [0, 0.05) is 37.3 Å². The second-order valence-electron chi connectivity index (χ2n) is 6.86. The number of morpholine rings is 1. The summed E-state index contributed by atoms with van der Waals surface area (Å²) in [6.07, 6.45) is -0.639. The van der Waals surface area contributed by atoms with E-state index in [2.05, 4.69) is 0 Å². The van der Waals surface area contributed by atoms with E-state index in [0.717, 1.165) is 0 Å². The van der Waals surface area contributed by atoms with E-state index >= 15 is 0 Å². The second-order valence-corrected chi connectivity index (χ2v) is 6.86. The minimum atomic E-state index is -1.16. The van der Waals surface area contributed by atoms with Crippen LogP contribution in [0.15, 0.2) is 24.3 Å². The largest absolute Gasteiger partial charge is 0.388 e. The maximum Gasteiger partial charge on any atom is 0.254 e. The van der Waals surface area contributed by atoms with Crippen LogP contribution >= 0.6 is 0 Å². The van der Waals surface area contributed by atoms with Gasteiger partial charge in [-0.15, -0.1) is 0 Å². The van der Waals surface area contributed by atoms with E-state index in [1.165, 1.54) is 4.90 Å². The number of benzene rings is 1. The zero-order chi connectivity index (χ0) is 18.0. The van der Waals surface area contributed by atoms with Crippen LogP contribution in [0.2, 0.25) is 0 Å². The Labute approximate surface area is 146 Å². The third-order valence-corrected chi connectivity index (χ3v) is 4.96. The number of rotatable bonds is 2. The van der Waals surface area contributed by atoms with Crippen LogP contribution in [-0.2, 0) is 4.74 Å². The minimum Gasteiger partial charge on any atom is -0.388 e. The quantitative estimate of drug-likeness (QED) is 0.792. The number of likely N-dealkylation sites (tertiary alicyclic amines) is 1. The summed E-state index contributed by atoms with van der Waals surface area (Å²) in [6, 6.07) is 6.58. The zero-order valence-corrected chi connectivity index (χ0v) is 14.4. The normalized spacial score (nSPS) is 27.2. The summed E-state index contributed by atoms with van der Waals surface area (Å²) in [7, 11) is 0. The molecule has 25 heavy (non-hydrogen) atoms. The molecule has 1 aromatic rings. The molecular weight excluding hydrogens is 324 g/mol. The van der Waals surface area contributed by atoms with E-state index in [4.69, 9.17) is 4.74 Å². The number of hydrogen-bond acceptors (Lipinski definition) is 5. The molecule has 0 saturated carbocycles. The molecule has 2 N–H and O–H groups in total. The summed E-state index contributed by atoms with van der Waals surface area (Å²) < 4.78 is 5.24. The van der Waals surface area contributed by atoms with Crippen LogP contribution in [0.25, 0.3) is 0 Å². The molecule has 0 aliphatic carbocycles. The van der Waals surface area contributed by atoms with Crippen molar-refractivity contribution in [3.63, 3.8) is 0 Å². The van der Waals surface area contributed by atoms with Gasteiger partial charge in [0.25, 0.3) is 11.8 Å². The third kappa shape index (κ3) is 3.84. The van der Waals surface area contributed by atoms with E-state index in [1.807, 2.05) is 0 Å². The van der Waals surface area contributed by atoms with Crippen LogP contribution in [-0.4, -0.2) is 82.9 Å². The Kier molecular flexibility index (Phi) is 5.08. The summed E-state index contributed by atoms with van der Waals surface area (Å²) in [5.74, 6) is -0.272. The van der Waals surface area contributed by atoms with Crippen LogP contribution in [0, 0.1) is 0 Å². The van der Waals surface area contributed by atoms with Gasteiger partial charge in [-0.05, 0) is 37.6 Å². The Morgan fingerprint density at radius 3 is 2.08 bits per heavy atom. The fraction of sp³-hybridized carbons (Fsp3) is 0.556. The van der Waals surface area contributed by atoms with Crippen molar-refractivity contribution in [1.82, 2.24) is 9.80 Å². The van der Waals surface area contributed by atoms with Crippen LogP contribution in [0.1, 0.15) is 34.1 Å². The van der Waals surface area contributed by atoms with E-state index in [-0.39, 0.29) is 18.4 Å². The first-order valence-corrected chi connectivity index (χ1v) is 8.55. The summed E-state index contributed by atoms with van der Waals surface area (Å²) in [4.78, 5) is 28.2. The lowest BCUT2D eigenvalue weighted by atomic mass is 9.90. The molecule has 2 amide bonds. The number of carbonyl (C=O) groups excluding carboxylic acids is 2. The lowest BCUT2D eigenvalue weighted by Gasteiger charge is -2.39. The topological polar surface area (TPSA) is 90.3 Å². The molecule has 0 unspecified atom stereocenters. The van der Waals surface area contributed by atoms with Gasteiger partial charge in [-0.25, -0.2) is 0 Å². The number of piperidine rings is 1. The van der Waals surface area contributed by atoms with Crippen molar-refractivity contribution in [3.05, 3.63) is 35.4 Å². The average Bonchev–Trinajstić information content (AvgIpc) is 2.64. The SMILES string of the molecule is C[C@@]1(O)CCN(C(=O)c2ccc(C(=O)N3CCOCC3)cc2)C[C@@H]1O. The highest BCUT2D eigenvalue weighted by atomic mass is 16.5. The van der Waals surface area contributed by atoms with Gasteiger partial charge in [0.2, 0.25) is 0 Å². The number of ether oxygens (including phenoxy) is 1. The number of β-amino-alcohol motifs (C(OH)–C–C–N with tert-alkyl or cyclic N) is 1. The van der Waals surface area contributed by atoms with Crippen molar-refractivity contribution in [3.8, 4) is 0 Å². The van der Waals surface area contributed by atoms with Crippen LogP contribution < -0.4 is 0 Å². The van der Waals surface area contributed by atoms with Gasteiger partial charge in [0.1, 0.15) is 0 Å². The summed E-state index contributed by atoms with van der Waals surface area (Å²) in [5.41, 5.74) is -0.155. The highest BCUT2D eigenvalue weighted by Crippen LogP contribution is 2.23. The number of nitrogens with zero attached hydrogens (tertiary/aromatic N) is 2. The molecule has 2 aliphatic rings. The molecule has 0 aromatic heterocycles. The number of hydrogen-bond donors (Lipinski definition) is 2. The molecule has 136 valence electrons. The Bertz CT molecular complexity index is 637. The van der Waals surface area contributed by atoms with Gasteiger partial charge in [-0.1, -0.05) is 0 Å². The predicted molar refractivity (Wildman–Crippen MR) is 90.3 cm³/mol. The zero-order valence-electron chi connectivity index (χ0n) is 14.4. The first-order chi connectivity index (χ1) is 11.9. The van der Waals surface area contributed by atoms with Gasteiger partial charge in [0.05, 0.1) is 24.9 Å². The highest BCUT2D eigenvalue weighted by molar-refractivity contribution is 5.98. The molecule has 3 rings (SSSR count). The van der Waals surface area contributed by atoms with Gasteiger partial charge in [-0.2, -0.15) is 0 Å². The van der Waals surface area contributed by atoms with Gasteiger partial charge in [-0.3, -0.25) is 9.59 Å².